The molecule has 2 saturated carbocycles. The van der Waals surface area contributed by atoms with Gasteiger partial charge in [-0.05, 0) is 25.7 Å². The first kappa shape index (κ1) is 13.7. The molecule has 1 aromatic heterocycles. The summed E-state index contributed by atoms with van der Waals surface area (Å²) in [5.41, 5.74) is 1.07. The molecule has 0 unspecified atom stereocenters. The summed E-state index contributed by atoms with van der Waals surface area (Å²) in [6.07, 6.45) is 9.38. The predicted molar refractivity (Wildman–Crippen MR) is 78.4 cm³/mol. The second kappa shape index (κ2) is 5.05. The van der Waals surface area contributed by atoms with E-state index >= 15 is 0 Å². The zero-order chi connectivity index (χ0) is 14.4. The summed E-state index contributed by atoms with van der Waals surface area (Å²) in [6, 6.07) is 0.170. The van der Waals surface area contributed by atoms with E-state index in [-0.39, 0.29) is 11.3 Å². The van der Waals surface area contributed by atoms with E-state index in [2.05, 4.69) is 10.3 Å². The number of nitrogens with zero attached hydrogens (tertiary/aromatic N) is 4. The molecule has 116 valence electrons. The molecule has 3 aliphatic rings. The Morgan fingerprint density at radius 3 is 2.43 bits per heavy atom. The molecule has 6 nitrogen and oxygen atoms in total. The normalized spacial score (nSPS) is 25.9. The summed E-state index contributed by atoms with van der Waals surface area (Å²) in [4.78, 5) is 0. The second-order valence-corrected chi connectivity index (χ2v) is 8.89. The number of rotatable bonds is 4. The topological polar surface area (TPSA) is 68.1 Å². The van der Waals surface area contributed by atoms with Crippen molar-refractivity contribution in [1.82, 2.24) is 19.3 Å². The fourth-order valence-corrected chi connectivity index (χ4v) is 5.51. The van der Waals surface area contributed by atoms with E-state index < -0.39 is 10.0 Å². The Kier molecular flexibility index (Phi) is 3.29. The van der Waals surface area contributed by atoms with Crippen LogP contribution >= 0.6 is 0 Å². The zero-order valence-electron chi connectivity index (χ0n) is 12.2. The molecule has 4 rings (SSSR count). The maximum atomic E-state index is 12.5. The fourth-order valence-electron chi connectivity index (χ4n) is 3.40. The van der Waals surface area contributed by atoms with E-state index in [9.17, 15) is 8.42 Å². The van der Waals surface area contributed by atoms with Crippen molar-refractivity contribution < 1.29 is 8.42 Å². The molecule has 1 aromatic rings. The lowest BCUT2D eigenvalue weighted by molar-refractivity contribution is 0.185. The van der Waals surface area contributed by atoms with Crippen molar-refractivity contribution in [3.05, 3.63) is 11.9 Å². The van der Waals surface area contributed by atoms with Crippen LogP contribution in [0, 0.1) is 0 Å². The molecule has 7 heteroatoms. The van der Waals surface area contributed by atoms with Gasteiger partial charge in [0, 0.05) is 25.2 Å². The molecular formula is C14H22N4O2S. The van der Waals surface area contributed by atoms with Gasteiger partial charge in [0.25, 0.3) is 0 Å². The first-order chi connectivity index (χ1) is 10.1. The van der Waals surface area contributed by atoms with Gasteiger partial charge in [0.05, 0.1) is 17.0 Å². The third-order valence-corrected chi connectivity index (χ3v) is 7.39. The lowest BCUT2D eigenvalue weighted by Gasteiger charge is -2.40. The Morgan fingerprint density at radius 1 is 1.05 bits per heavy atom. The third-order valence-electron chi connectivity index (χ3n) is 5.06. The quantitative estimate of drug-likeness (QED) is 0.848. The maximum absolute atomic E-state index is 12.5. The molecule has 2 heterocycles. The average molecular weight is 310 g/mol. The van der Waals surface area contributed by atoms with Gasteiger partial charge in [-0.1, -0.05) is 24.5 Å². The van der Waals surface area contributed by atoms with Gasteiger partial charge in [-0.3, -0.25) is 0 Å². The molecule has 2 aliphatic carbocycles. The van der Waals surface area contributed by atoms with Crippen molar-refractivity contribution in [2.45, 2.75) is 62.2 Å². The Hall–Kier alpha value is -0.950. The number of hydrogen-bond acceptors (Lipinski definition) is 4. The summed E-state index contributed by atoms with van der Waals surface area (Å²) in [5, 5.41) is 8.23. The molecule has 1 saturated heterocycles. The monoisotopic (exact) mass is 310 g/mol. The van der Waals surface area contributed by atoms with Crippen LogP contribution < -0.4 is 0 Å². The molecule has 0 radical (unpaired) electrons. The lowest BCUT2D eigenvalue weighted by atomic mass is 10.0. The van der Waals surface area contributed by atoms with E-state index in [1.807, 2.05) is 10.9 Å². The van der Waals surface area contributed by atoms with Crippen molar-refractivity contribution in [3.63, 3.8) is 0 Å². The summed E-state index contributed by atoms with van der Waals surface area (Å²) in [6.45, 7) is 1.12. The first-order valence-corrected chi connectivity index (χ1v) is 9.55. The van der Waals surface area contributed by atoms with Gasteiger partial charge >= 0.3 is 0 Å². The second-order valence-electron chi connectivity index (χ2n) is 6.67. The molecule has 21 heavy (non-hydrogen) atoms. The highest BCUT2D eigenvalue weighted by molar-refractivity contribution is 7.89. The average Bonchev–Trinajstić information content (AvgIpc) is 3.18. The van der Waals surface area contributed by atoms with Gasteiger partial charge in [-0.2, -0.15) is 4.31 Å². The molecule has 0 amide bonds. The van der Waals surface area contributed by atoms with Crippen molar-refractivity contribution in [3.8, 4) is 0 Å². The van der Waals surface area contributed by atoms with E-state index in [1.54, 1.807) is 4.31 Å². The minimum Gasteiger partial charge on any atom is -0.247 e. The van der Waals surface area contributed by atoms with Crippen LogP contribution in [0.2, 0.25) is 0 Å². The summed E-state index contributed by atoms with van der Waals surface area (Å²) < 4.78 is 28.6. The zero-order valence-corrected chi connectivity index (χ0v) is 13.0. The summed E-state index contributed by atoms with van der Waals surface area (Å²) in [7, 11) is -3.09. The summed E-state index contributed by atoms with van der Waals surface area (Å²) in [5.74, 6) is 0.598. The van der Waals surface area contributed by atoms with Gasteiger partial charge < -0.3 is 0 Å². The Bertz CT molecular complexity index is 611. The smallest absolute Gasteiger partial charge is 0.217 e. The van der Waals surface area contributed by atoms with E-state index in [0.29, 0.717) is 19.0 Å². The third kappa shape index (κ3) is 2.50. The molecule has 3 fully saturated rings. The molecule has 1 aliphatic heterocycles. The van der Waals surface area contributed by atoms with E-state index in [4.69, 9.17) is 0 Å². The lowest BCUT2D eigenvalue weighted by Crippen LogP contribution is -2.53. The van der Waals surface area contributed by atoms with Gasteiger partial charge in [0.2, 0.25) is 10.0 Å². The van der Waals surface area contributed by atoms with Crippen LogP contribution in [-0.2, 0) is 10.0 Å². The van der Waals surface area contributed by atoms with Crippen LogP contribution in [0.15, 0.2) is 6.20 Å². The summed E-state index contributed by atoms with van der Waals surface area (Å²) >= 11 is 0. The van der Waals surface area contributed by atoms with E-state index in [0.717, 1.165) is 31.4 Å². The minimum atomic E-state index is -3.09. The highest BCUT2D eigenvalue weighted by Crippen LogP contribution is 2.39. The van der Waals surface area contributed by atoms with Crippen molar-refractivity contribution in [1.29, 1.82) is 0 Å². The minimum absolute atomic E-state index is 0.148. The van der Waals surface area contributed by atoms with Crippen LogP contribution in [0.3, 0.4) is 0 Å². The van der Waals surface area contributed by atoms with Crippen LogP contribution in [-0.4, -0.2) is 46.1 Å². The first-order valence-electron chi connectivity index (χ1n) is 8.05. The fraction of sp³-hybridized carbons (Fsp3) is 0.857. The number of sulfonamides is 1. The number of hydrogen-bond donors (Lipinski definition) is 0. The van der Waals surface area contributed by atoms with Gasteiger partial charge in [0.15, 0.2) is 0 Å². The Morgan fingerprint density at radius 2 is 1.76 bits per heavy atom. The molecule has 0 N–H and O–H groups in total. The molecule has 0 bridgehead atoms. The van der Waals surface area contributed by atoms with Gasteiger partial charge in [0.1, 0.15) is 0 Å². The standard InChI is InChI=1S/C14H22N4O2S/c19-21(20,13-4-2-1-3-5-13)17-8-12(9-17)18-10-14(15-16-18)11-6-7-11/h10-13H,1-9H2. The van der Waals surface area contributed by atoms with Crippen molar-refractivity contribution >= 4 is 10.0 Å². The van der Waals surface area contributed by atoms with Crippen molar-refractivity contribution in [2.75, 3.05) is 13.1 Å². The number of aromatic nitrogens is 3. The van der Waals surface area contributed by atoms with Crippen LogP contribution in [0.5, 0.6) is 0 Å². The van der Waals surface area contributed by atoms with Crippen LogP contribution in [0.4, 0.5) is 0 Å². The predicted octanol–water partition coefficient (Wildman–Crippen LogP) is 1.67. The molecule has 0 aromatic carbocycles. The SMILES string of the molecule is O=S(=O)(C1CCCCC1)N1CC(n2cc(C3CC3)nn2)C1. The molecule has 0 spiro atoms. The van der Waals surface area contributed by atoms with Crippen molar-refractivity contribution in [2.24, 2.45) is 0 Å². The van der Waals surface area contributed by atoms with Crippen LogP contribution in [0.1, 0.15) is 62.6 Å². The van der Waals surface area contributed by atoms with E-state index in [1.165, 1.54) is 19.3 Å². The van der Waals surface area contributed by atoms with Gasteiger partial charge in [-0.15, -0.1) is 5.10 Å². The largest absolute Gasteiger partial charge is 0.247 e. The molecular weight excluding hydrogens is 288 g/mol. The molecule has 0 atom stereocenters. The Labute approximate surface area is 125 Å². The highest BCUT2D eigenvalue weighted by atomic mass is 32.2. The van der Waals surface area contributed by atoms with Crippen LogP contribution in [0.25, 0.3) is 0 Å². The maximum Gasteiger partial charge on any atom is 0.217 e. The van der Waals surface area contributed by atoms with Gasteiger partial charge in [-0.25, -0.2) is 13.1 Å². The Balaban J connectivity index is 1.39. The highest BCUT2D eigenvalue weighted by Gasteiger charge is 2.42.